The molecular formula is C14H20ClNO2. The molecule has 0 bridgehead atoms. The first kappa shape index (κ1) is 13.7. The van der Waals surface area contributed by atoms with E-state index >= 15 is 0 Å². The normalized spacial score (nSPS) is 16.8. The number of ether oxygens (including phenoxy) is 2. The Bertz CT molecular complexity index is 378. The lowest BCUT2D eigenvalue weighted by molar-refractivity contribution is 0.0496. The van der Waals surface area contributed by atoms with Crippen molar-refractivity contribution in [1.29, 1.82) is 0 Å². The fourth-order valence-electron chi connectivity index (χ4n) is 2.18. The fourth-order valence-corrected chi connectivity index (χ4v) is 2.43. The van der Waals surface area contributed by atoms with Crippen LogP contribution in [0.3, 0.4) is 0 Å². The average molecular weight is 270 g/mol. The molecule has 3 nitrogen and oxygen atoms in total. The van der Waals surface area contributed by atoms with E-state index in [4.69, 9.17) is 26.8 Å². The van der Waals surface area contributed by atoms with Crippen LogP contribution < -0.4 is 10.5 Å². The van der Waals surface area contributed by atoms with E-state index in [9.17, 15) is 0 Å². The number of nitrogens with two attached hydrogens (primary N) is 1. The van der Waals surface area contributed by atoms with Gasteiger partial charge in [-0.15, -0.1) is 0 Å². The largest absolute Gasteiger partial charge is 0.491 e. The molecule has 1 saturated heterocycles. The molecule has 0 unspecified atom stereocenters. The third-order valence-corrected chi connectivity index (χ3v) is 3.56. The molecule has 0 radical (unpaired) electrons. The summed E-state index contributed by atoms with van der Waals surface area (Å²) in [6, 6.07) is 5.83. The highest BCUT2D eigenvalue weighted by Gasteiger charge is 2.16. The van der Waals surface area contributed by atoms with Gasteiger partial charge in [0.15, 0.2) is 0 Å². The maximum absolute atomic E-state index is 6.19. The smallest absolute Gasteiger partial charge is 0.141 e. The summed E-state index contributed by atoms with van der Waals surface area (Å²) in [6.07, 6.45) is 2.93. The first-order valence-corrected chi connectivity index (χ1v) is 6.87. The molecular weight excluding hydrogens is 250 g/mol. The van der Waals surface area contributed by atoms with Gasteiger partial charge in [0.1, 0.15) is 5.75 Å². The number of halogens is 1. The van der Waals surface area contributed by atoms with Gasteiger partial charge in [-0.05, 0) is 43.4 Å². The van der Waals surface area contributed by atoms with Gasteiger partial charge >= 0.3 is 0 Å². The Morgan fingerprint density at radius 3 is 2.83 bits per heavy atom. The standard InChI is InChI=1S/C14H20ClNO2/c15-13-3-1-2-12(4-7-16)14(13)18-10-11-5-8-17-9-6-11/h1-3,11H,4-10,16H2. The van der Waals surface area contributed by atoms with Crippen molar-refractivity contribution in [2.75, 3.05) is 26.4 Å². The van der Waals surface area contributed by atoms with E-state index in [1.807, 2.05) is 18.2 Å². The first-order chi connectivity index (χ1) is 8.81. The molecule has 0 saturated carbocycles. The topological polar surface area (TPSA) is 44.5 Å². The zero-order valence-electron chi connectivity index (χ0n) is 10.5. The number of hydrogen-bond donors (Lipinski definition) is 1. The van der Waals surface area contributed by atoms with Crippen LogP contribution in [0.2, 0.25) is 5.02 Å². The molecule has 4 heteroatoms. The summed E-state index contributed by atoms with van der Waals surface area (Å²) in [7, 11) is 0. The van der Waals surface area contributed by atoms with Crippen molar-refractivity contribution < 1.29 is 9.47 Å². The minimum absolute atomic E-state index is 0.570. The highest BCUT2D eigenvalue weighted by molar-refractivity contribution is 6.32. The van der Waals surface area contributed by atoms with Crippen LogP contribution in [0.15, 0.2) is 18.2 Å². The van der Waals surface area contributed by atoms with Crippen LogP contribution in [0, 0.1) is 5.92 Å². The number of hydrogen-bond acceptors (Lipinski definition) is 3. The summed E-state index contributed by atoms with van der Waals surface area (Å²) in [5, 5.41) is 0.674. The van der Waals surface area contributed by atoms with Gasteiger partial charge in [0, 0.05) is 13.2 Å². The van der Waals surface area contributed by atoms with Crippen molar-refractivity contribution in [3.05, 3.63) is 28.8 Å². The van der Waals surface area contributed by atoms with Gasteiger partial charge in [0.2, 0.25) is 0 Å². The van der Waals surface area contributed by atoms with Crippen LogP contribution in [0.1, 0.15) is 18.4 Å². The third kappa shape index (κ3) is 3.61. The molecule has 1 aromatic carbocycles. The van der Waals surface area contributed by atoms with E-state index in [0.717, 1.165) is 43.8 Å². The molecule has 1 fully saturated rings. The van der Waals surface area contributed by atoms with Crippen molar-refractivity contribution in [2.45, 2.75) is 19.3 Å². The SMILES string of the molecule is NCCc1cccc(Cl)c1OCC1CCOCC1. The summed E-state index contributed by atoms with van der Waals surface area (Å²) in [6.45, 7) is 3.00. The predicted molar refractivity (Wildman–Crippen MR) is 73.2 cm³/mol. The second-order valence-corrected chi connectivity index (χ2v) is 5.04. The Labute approximate surface area is 113 Å². The van der Waals surface area contributed by atoms with Gasteiger partial charge in [-0.1, -0.05) is 23.7 Å². The number of para-hydroxylation sites is 1. The van der Waals surface area contributed by atoms with E-state index in [2.05, 4.69) is 0 Å². The van der Waals surface area contributed by atoms with Gasteiger partial charge in [-0.2, -0.15) is 0 Å². The van der Waals surface area contributed by atoms with E-state index in [1.54, 1.807) is 0 Å². The molecule has 0 atom stereocenters. The molecule has 0 amide bonds. The van der Waals surface area contributed by atoms with Crippen LogP contribution in [0.5, 0.6) is 5.75 Å². The van der Waals surface area contributed by atoms with Crippen molar-refractivity contribution in [2.24, 2.45) is 11.7 Å². The average Bonchev–Trinajstić information content (AvgIpc) is 2.40. The quantitative estimate of drug-likeness (QED) is 0.894. The summed E-state index contributed by atoms with van der Waals surface area (Å²) >= 11 is 6.19. The van der Waals surface area contributed by atoms with Crippen LogP contribution in [0.25, 0.3) is 0 Å². The molecule has 2 rings (SSSR count). The van der Waals surface area contributed by atoms with E-state index in [1.165, 1.54) is 0 Å². The highest BCUT2D eigenvalue weighted by Crippen LogP contribution is 2.30. The number of rotatable bonds is 5. The van der Waals surface area contributed by atoms with E-state index in [0.29, 0.717) is 24.1 Å². The van der Waals surface area contributed by atoms with Gasteiger partial charge < -0.3 is 15.2 Å². The molecule has 1 aromatic rings. The highest BCUT2D eigenvalue weighted by atomic mass is 35.5. The van der Waals surface area contributed by atoms with Crippen molar-refractivity contribution in [3.8, 4) is 5.75 Å². The van der Waals surface area contributed by atoms with Crippen molar-refractivity contribution in [3.63, 3.8) is 0 Å². The summed E-state index contributed by atoms with van der Waals surface area (Å²) < 4.78 is 11.3. The molecule has 1 aliphatic rings. The lowest BCUT2D eigenvalue weighted by Gasteiger charge is -2.23. The molecule has 0 spiro atoms. The molecule has 0 aromatic heterocycles. The maximum Gasteiger partial charge on any atom is 0.141 e. The van der Waals surface area contributed by atoms with Crippen molar-refractivity contribution in [1.82, 2.24) is 0 Å². The zero-order chi connectivity index (χ0) is 12.8. The molecule has 1 aliphatic heterocycles. The first-order valence-electron chi connectivity index (χ1n) is 6.49. The van der Waals surface area contributed by atoms with Crippen LogP contribution >= 0.6 is 11.6 Å². The Morgan fingerprint density at radius 2 is 2.11 bits per heavy atom. The second kappa shape index (κ2) is 6.98. The molecule has 1 heterocycles. The molecule has 0 aliphatic carbocycles. The van der Waals surface area contributed by atoms with E-state index < -0.39 is 0 Å². The molecule has 18 heavy (non-hydrogen) atoms. The number of benzene rings is 1. The van der Waals surface area contributed by atoms with Crippen LogP contribution in [-0.4, -0.2) is 26.4 Å². The second-order valence-electron chi connectivity index (χ2n) is 4.63. The molecule has 2 N–H and O–H groups in total. The van der Waals surface area contributed by atoms with Gasteiger partial charge in [-0.25, -0.2) is 0 Å². The van der Waals surface area contributed by atoms with Gasteiger partial charge in [0.05, 0.1) is 11.6 Å². The molecule has 100 valence electrons. The lowest BCUT2D eigenvalue weighted by atomic mass is 10.0. The van der Waals surface area contributed by atoms with Crippen molar-refractivity contribution >= 4 is 11.6 Å². The van der Waals surface area contributed by atoms with Gasteiger partial charge in [0.25, 0.3) is 0 Å². The lowest BCUT2D eigenvalue weighted by Crippen LogP contribution is -2.22. The minimum Gasteiger partial charge on any atom is -0.491 e. The van der Waals surface area contributed by atoms with E-state index in [-0.39, 0.29) is 0 Å². The van der Waals surface area contributed by atoms with Crippen LogP contribution in [-0.2, 0) is 11.2 Å². The zero-order valence-corrected chi connectivity index (χ0v) is 11.3. The minimum atomic E-state index is 0.570. The maximum atomic E-state index is 6.19. The van der Waals surface area contributed by atoms with Crippen LogP contribution in [0.4, 0.5) is 0 Å². The summed E-state index contributed by atoms with van der Waals surface area (Å²) in [5.41, 5.74) is 6.70. The third-order valence-electron chi connectivity index (χ3n) is 3.27. The summed E-state index contributed by atoms with van der Waals surface area (Å²) in [4.78, 5) is 0. The van der Waals surface area contributed by atoms with Gasteiger partial charge in [-0.3, -0.25) is 0 Å². The Balaban J connectivity index is 1.98. The predicted octanol–water partition coefficient (Wildman–Crippen LogP) is 2.65. The fraction of sp³-hybridized carbons (Fsp3) is 0.571. The Morgan fingerprint density at radius 1 is 1.33 bits per heavy atom. The Hall–Kier alpha value is -0.770. The Kier molecular flexibility index (Phi) is 5.29. The monoisotopic (exact) mass is 269 g/mol. The summed E-state index contributed by atoms with van der Waals surface area (Å²) in [5.74, 6) is 1.37.